The Kier molecular flexibility index (Phi) is 4.24. The van der Waals surface area contributed by atoms with Gasteiger partial charge in [0.15, 0.2) is 0 Å². The molecule has 3 heteroatoms. The van der Waals surface area contributed by atoms with Gasteiger partial charge in [-0.2, -0.15) is 0 Å². The summed E-state index contributed by atoms with van der Waals surface area (Å²) in [4.78, 5) is 12.2. The first-order valence-electron chi connectivity index (χ1n) is 7.47. The molecule has 22 heavy (non-hydrogen) atoms. The summed E-state index contributed by atoms with van der Waals surface area (Å²) in [7, 11) is 0. The Balaban J connectivity index is 1.93. The molecule has 1 aliphatic heterocycles. The van der Waals surface area contributed by atoms with Crippen LogP contribution in [-0.4, -0.2) is 12.6 Å². The van der Waals surface area contributed by atoms with Crippen molar-refractivity contribution >= 4 is 11.7 Å². The van der Waals surface area contributed by atoms with E-state index in [4.69, 9.17) is 9.47 Å². The van der Waals surface area contributed by atoms with Crippen LogP contribution in [0.4, 0.5) is 0 Å². The molecule has 1 aliphatic rings. The molecule has 0 amide bonds. The molecule has 2 aromatic rings. The van der Waals surface area contributed by atoms with Crippen LogP contribution in [0, 0.1) is 0 Å². The van der Waals surface area contributed by atoms with Gasteiger partial charge in [0.2, 0.25) is 0 Å². The van der Waals surface area contributed by atoms with E-state index in [1.807, 2.05) is 67.6 Å². The number of carbonyl (C=O) groups is 1. The van der Waals surface area contributed by atoms with Crippen LogP contribution in [0.5, 0.6) is 0 Å². The van der Waals surface area contributed by atoms with Gasteiger partial charge in [-0.3, -0.25) is 0 Å². The van der Waals surface area contributed by atoms with E-state index >= 15 is 0 Å². The molecule has 0 aromatic heterocycles. The summed E-state index contributed by atoms with van der Waals surface area (Å²) >= 11 is 0. The first-order chi connectivity index (χ1) is 10.8. The Labute approximate surface area is 130 Å². The molecule has 0 bridgehead atoms. The van der Waals surface area contributed by atoms with Crippen molar-refractivity contribution in [3.05, 3.63) is 77.4 Å². The largest absolute Gasteiger partial charge is 0.484 e. The highest BCUT2D eigenvalue weighted by atomic mass is 16.5. The Hall–Kier alpha value is -2.55. The van der Waals surface area contributed by atoms with E-state index in [0.717, 1.165) is 11.1 Å². The molecule has 1 heterocycles. The van der Waals surface area contributed by atoms with Crippen LogP contribution in [0.3, 0.4) is 0 Å². The monoisotopic (exact) mass is 294 g/mol. The molecule has 0 N–H and O–H groups in total. The van der Waals surface area contributed by atoms with E-state index in [9.17, 15) is 4.79 Å². The number of esters is 1. The average molecular weight is 294 g/mol. The number of hydrogen-bond donors (Lipinski definition) is 0. The van der Waals surface area contributed by atoms with Crippen LogP contribution in [0.2, 0.25) is 0 Å². The summed E-state index contributed by atoms with van der Waals surface area (Å²) in [5, 5.41) is 0. The molecule has 0 spiro atoms. The predicted octanol–water partition coefficient (Wildman–Crippen LogP) is 4.12. The van der Waals surface area contributed by atoms with Crippen molar-refractivity contribution in [2.45, 2.75) is 19.4 Å². The standard InChI is InChI=1S/C19H18O3/c1-2-21-19(20)16-13-17(14-9-5-3-6-10-14)22-18(16)15-11-7-4-8-12-15/h3-12,17H,2,13H2,1H3. The summed E-state index contributed by atoms with van der Waals surface area (Å²) < 4.78 is 11.3. The minimum Gasteiger partial charge on any atom is -0.484 e. The summed E-state index contributed by atoms with van der Waals surface area (Å²) in [6, 6.07) is 19.7. The zero-order valence-corrected chi connectivity index (χ0v) is 12.5. The molecule has 1 unspecified atom stereocenters. The molecule has 3 rings (SSSR count). The van der Waals surface area contributed by atoms with Gasteiger partial charge in [-0.15, -0.1) is 0 Å². The van der Waals surface area contributed by atoms with Crippen LogP contribution >= 0.6 is 0 Å². The van der Waals surface area contributed by atoms with Crippen molar-refractivity contribution in [2.24, 2.45) is 0 Å². The van der Waals surface area contributed by atoms with Crippen LogP contribution < -0.4 is 0 Å². The fourth-order valence-corrected chi connectivity index (χ4v) is 2.61. The van der Waals surface area contributed by atoms with Gasteiger partial charge in [0.1, 0.15) is 11.9 Å². The van der Waals surface area contributed by atoms with Gasteiger partial charge in [-0.05, 0) is 12.5 Å². The third-order valence-corrected chi connectivity index (χ3v) is 3.65. The lowest BCUT2D eigenvalue weighted by Gasteiger charge is -2.13. The first kappa shape index (κ1) is 14.4. The molecular formula is C19H18O3. The summed E-state index contributed by atoms with van der Waals surface area (Å²) in [6.07, 6.45) is 0.392. The van der Waals surface area contributed by atoms with Crippen LogP contribution in [0.25, 0.3) is 5.76 Å². The number of ether oxygens (including phenoxy) is 2. The molecule has 0 aliphatic carbocycles. The zero-order valence-electron chi connectivity index (χ0n) is 12.5. The Morgan fingerprint density at radius 3 is 2.36 bits per heavy atom. The molecule has 112 valence electrons. The molecule has 2 aromatic carbocycles. The molecule has 0 radical (unpaired) electrons. The van der Waals surface area contributed by atoms with E-state index in [0.29, 0.717) is 24.4 Å². The second-order valence-corrected chi connectivity index (χ2v) is 5.12. The lowest BCUT2D eigenvalue weighted by atomic mass is 10.0. The summed E-state index contributed by atoms with van der Waals surface area (Å²) in [6.45, 7) is 2.17. The fourth-order valence-electron chi connectivity index (χ4n) is 2.61. The first-order valence-corrected chi connectivity index (χ1v) is 7.47. The van der Waals surface area contributed by atoms with Crippen molar-refractivity contribution in [2.75, 3.05) is 6.61 Å². The highest BCUT2D eigenvalue weighted by Crippen LogP contribution is 2.40. The summed E-state index contributed by atoms with van der Waals surface area (Å²) in [5.74, 6) is 0.340. The van der Waals surface area contributed by atoms with Crippen molar-refractivity contribution in [3.63, 3.8) is 0 Å². The lowest BCUT2D eigenvalue weighted by molar-refractivity contribution is -0.138. The molecule has 1 atom stereocenters. The van der Waals surface area contributed by atoms with Gasteiger partial charge in [0.05, 0.1) is 12.2 Å². The van der Waals surface area contributed by atoms with E-state index in [-0.39, 0.29) is 12.1 Å². The second-order valence-electron chi connectivity index (χ2n) is 5.12. The van der Waals surface area contributed by atoms with E-state index < -0.39 is 0 Å². The zero-order chi connectivity index (χ0) is 15.4. The topological polar surface area (TPSA) is 35.5 Å². The number of rotatable bonds is 4. The minimum atomic E-state index is -0.292. The number of carbonyl (C=O) groups excluding carboxylic acids is 1. The minimum absolute atomic E-state index is 0.143. The third-order valence-electron chi connectivity index (χ3n) is 3.65. The van der Waals surface area contributed by atoms with Crippen molar-refractivity contribution < 1.29 is 14.3 Å². The van der Waals surface area contributed by atoms with Crippen LogP contribution in [-0.2, 0) is 14.3 Å². The van der Waals surface area contributed by atoms with E-state index in [1.165, 1.54) is 0 Å². The van der Waals surface area contributed by atoms with Gasteiger partial charge in [0.25, 0.3) is 0 Å². The summed E-state index contributed by atoms with van der Waals surface area (Å²) in [5.41, 5.74) is 2.58. The van der Waals surface area contributed by atoms with E-state index in [2.05, 4.69) is 0 Å². The van der Waals surface area contributed by atoms with E-state index in [1.54, 1.807) is 0 Å². The maximum Gasteiger partial charge on any atom is 0.337 e. The molecule has 0 saturated carbocycles. The fraction of sp³-hybridized carbons (Fsp3) is 0.211. The van der Waals surface area contributed by atoms with Crippen molar-refractivity contribution in [3.8, 4) is 0 Å². The van der Waals surface area contributed by atoms with Gasteiger partial charge in [-0.25, -0.2) is 4.79 Å². The smallest absolute Gasteiger partial charge is 0.337 e. The third kappa shape index (κ3) is 2.89. The maximum atomic E-state index is 12.2. The Morgan fingerprint density at radius 1 is 1.09 bits per heavy atom. The quantitative estimate of drug-likeness (QED) is 0.796. The highest BCUT2D eigenvalue weighted by Gasteiger charge is 2.32. The average Bonchev–Trinajstić information content (AvgIpc) is 3.02. The molecule has 3 nitrogen and oxygen atoms in total. The molecule has 0 fully saturated rings. The number of benzene rings is 2. The number of hydrogen-bond acceptors (Lipinski definition) is 3. The lowest BCUT2D eigenvalue weighted by Crippen LogP contribution is -2.08. The molecule has 0 saturated heterocycles. The maximum absolute atomic E-state index is 12.2. The van der Waals surface area contributed by atoms with Crippen LogP contribution in [0.1, 0.15) is 30.6 Å². The van der Waals surface area contributed by atoms with Crippen molar-refractivity contribution in [1.29, 1.82) is 0 Å². The molecular weight excluding hydrogens is 276 g/mol. The van der Waals surface area contributed by atoms with Gasteiger partial charge in [0, 0.05) is 12.0 Å². The van der Waals surface area contributed by atoms with Gasteiger partial charge in [-0.1, -0.05) is 60.7 Å². The van der Waals surface area contributed by atoms with Gasteiger partial charge >= 0.3 is 5.97 Å². The highest BCUT2D eigenvalue weighted by molar-refractivity contribution is 5.97. The normalized spacial score (nSPS) is 17.2. The van der Waals surface area contributed by atoms with Crippen LogP contribution in [0.15, 0.2) is 66.2 Å². The SMILES string of the molecule is CCOC(=O)C1=C(c2ccccc2)OC(c2ccccc2)C1. The predicted molar refractivity (Wildman–Crippen MR) is 84.9 cm³/mol. The Bertz CT molecular complexity index is 674. The van der Waals surface area contributed by atoms with Crippen molar-refractivity contribution in [1.82, 2.24) is 0 Å². The van der Waals surface area contributed by atoms with Gasteiger partial charge < -0.3 is 9.47 Å². The second kappa shape index (κ2) is 6.48. The Morgan fingerprint density at radius 2 is 1.73 bits per heavy atom.